The van der Waals surface area contributed by atoms with Crippen LogP contribution in [0.15, 0.2) is 47.1 Å². The molecule has 0 fully saturated rings. The van der Waals surface area contributed by atoms with Crippen molar-refractivity contribution in [2.45, 2.75) is 27.2 Å². The summed E-state index contributed by atoms with van der Waals surface area (Å²) in [6.07, 6.45) is 2.71. The molecule has 0 unspecified atom stereocenters. The molecule has 2 aromatic heterocycles. The Kier molecular flexibility index (Phi) is 4.89. The maximum absolute atomic E-state index is 5.63. The van der Waals surface area contributed by atoms with Crippen molar-refractivity contribution >= 4 is 0 Å². The van der Waals surface area contributed by atoms with E-state index >= 15 is 0 Å². The third-order valence-corrected chi connectivity index (χ3v) is 3.54. The predicted octanol–water partition coefficient (Wildman–Crippen LogP) is 4.40. The third kappa shape index (κ3) is 3.62. The van der Waals surface area contributed by atoms with Crippen LogP contribution in [0.3, 0.4) is 0 Å². The maximum Gasteiger partial charge on any atom is 0.262 e. The molecule has 3 aromatic rings. The lowest BCUT2D eigenvalue weighted by molar-refractivity contribution is 0.339. The van der Waals surface area contributed by atoms with Crippen molar-refractivity contribution in [2.75, 3.05) is 6.61 Å². The van der Waals surface area contributed by atoms with Crippen molar-refractivity contribution in [3.05, 3.63) is 48.3 Å². The van der Waals surface area contributed by atoms with E-state index in [1.54, 1.807) is 6.20 Å². The Morgan fingerprint density at radius 1 is 1.17 bits per heavy atom. The summed E-state index contributed by atoms with van der Waals surface area (Å²) in [6, 6.07) is 11.6. The van der Waals surface area contributed by atoms with Crippen LogP contribution in [0.4, 0.5) is 0 Å². The lowest BCUT2D eigenvalue weighted by Gasteiger charge is -2.06. The molecule has 0 saturated heterocycles. The number of hydrogen-bond acceptors (Lipinski definition) is 5. The van der Waals surface area contributed by atoms with Gasteiger partial charge in [-0.15, -0.1) is 0 Å². The molecule has 0 aliphatic heterocycles. The lowest BCUT2D eigenvalue weighted by Crippen LogP contribution is -1.97. The van der Waals surface area contributed by atoms with Gasteiger partial charge in [0.05, 0.1) is 12.2 Å². The van der Waals surface area contributed by atoms with Crippen LogP contribution in [0, 0.1) is 5.92 Å². The second-order valence-corrected chi connectivity index (χ2v) is 5.99. The topological polar surface area (TPSA) is 61.0 Å². The third-order valence-electron chi connectivity index (χ3n) is 3.54. The van der Waals surface area contributed by atoms with Gasteiger partial charge in [-0.05, 0) is 43.5 Å². The summed E-state index contributed by atoms with van der Waals surface area (Å²) in [4.78, 5) is 8.93. The van der Waals surface area contributed by atoms with Crippen LogP contribution in [0.2, 0.25) is 0 Å². The van der Waals surface area contributed by atoms with E-state index in [1.165, 1.54) is 0 Å². The van der Waals surface area contributed by atoms with E-state index in [0.717, 1.165) is 29.0 Å². The number of pyridine rings is 1. The summed E-state index contributed by atoms with van der Waals surface area (Å²) in [5.41, 5.74) is 2.74. The summed E-state index contributed by atoms with van der Waals surface area (Å²) in [5, 5.41) is 4.11. The number of benzene rings is 1. The molecule has 0 spiro atoms. The lowest BCUT2D eigenvalue weighted by atomic mass is 10.1. The van der Waals surface area contributed by atoms with Crippen molar-refractivity contribution in [1.82, 2.24) is 15.1 Å². The number of nitrogens with zero attached hydrogens (tertiary/aromatic N) is 3. The summed E-state index contributed by atoms with van der Waals surface area (Å²) in [6.45, 7) is 6.88. The zero-order valence-corrected chi connectivity index (χ0v) is 14.2. The van der Waals surface area contributed by atoms with E-state index in [-0.39, 0.29) is 0 Å². The highest BCUT2D eigenvalue weighted by atomic mass is 16.5. The van der Waals surface area contributed by atoms with Gasteiger partial charge >= 0.3 is 0 Å². The fourth-order valence-electron chi connectivity index (χ4n) is 2.52. The van der Waals surface area contributed by atoms with Crippen molar-refractivity contribution < 1.29 is 9.26 Å². The highest BCUT2D eigenvalue weighted by Gasteiger charge is 2.15. The van der Waals surface area contributed by atoms with E-state index in [4.69, 9.17) is 9.26 Å². The van der Waals surface area contributed by atoms with Gasteiger partial charge < -0.3 is 9.26 Å². The second-order valence-electron chi connectivity index (χ2n) is 5.99. The average Bonchev–Trinajstić information content (AvgIpc) is 3.05. The monoisotopic (exact) mass is 323 g/mol. The van der Waals surface area contributed by atoms with Crippen molar-refractivity contribution in [3.63, 3.8) is 0 Å². The molecule has 24 heavy (non-hydrogen) atoms. The molecule has 3 rings (SSSR count). The standard InChI is InChI=1S/C19H21N3O2/c1-4-23-17-8-6-5-7-16(17)19-21-18(22-24-19)14-9-10-20-15(12-14)11-13(2)3/h5-10,12-13H,4,11H2,1-3H3. The molecule has 2 heterocycles. The molecule has 124 valence electrons. The summed E-state index contributed by atoms with van der Waals surface area (Å²) in [5.74, 6) is 2.30. The van der Waals surface area contributed by atoms with Crippen LogP contribution < -0.4 is 4.74 Å². The fourth-order valence-corrected chi connectivity index (χ4v) is 2.52. The van der Waals surface area contributed by atoms with Gasteiger partial charge in [0, 0.05) is 17.5 Å². The highest BCUT2D eigenvalue weighted by Crippen LogP contribution is 2.30. The van der Waals surface area contributed by atoms with Gasteiger partial charge in [0.2, 0.25) is 5.82 Å². The van der Waals surface area contributed by atoms with E-state index in [2.05, 4.69) is 29.0 Å². The van der Waals surface area contributed by atoms with Crippen LogP contribution >= 0.6 is 0 Å². The Hall–Kier alpha value is -2.69. The molecule has 0 N–H and O–H groups in total. The maximum atomic E-state index is 5.63. The Labute approximate surface area is 141 Å². The Morgan fingerprint density at radius 3 is 2.79 bits per heavy atom. The van der Waals surface area contributed by atoms with Gasteiger partial charge in [0.15, 0.2) is 0 Å². The number of para-hydroxylation sites is 1. The average molecular weight is 323 g/mol. The highest BCUT2D eigenvalue weighted by molar-refractivity contribution is 5.65. The Bertz CT molecular complexity index is 812. The Balaban J connectivity index is 1.91. The van der Waals surface area contributed by atoms with Gasteiger partial charge in [-0.3, -0.25) is 4.98 Å². The number of hydrogen-bond donors (Lipinski definition) is 0. The van der Waals surface area contributed by atoms with Crippen molar-refractivity contribution in [1.29, 1.82) is 0 Å². The van der Waals surface area contributed by atoms with Gasteiger partial charge in [0.25, 0.3) is 5.89 Å². The van der Waals surface area contributed by atoms with Crippen molar-refractivity contribution in [3.8, 4) is 28.6 Å². The number of aromatic nitrogens is 3. The van der Waals surface area contributed by atoms with Gasteiger partial charge in [0.1, 0.15) is 5.75 Å². The number of rotatable bonds is 6. The van der Waals surface area contributed by atoms with Crippen LogP contribution in [0.25, 0.3) is 22.8 Å². The molecule has 0 aliphatic rings. The largest absolute Gasteiger partial charge is 0.493 e. The zero-order valence-electron chi connectivity index (χ0n) is 14.2. The van der Waals surface area contributed by atoms with E-state index < -0.39 is 0 Å². The van der Waals surface area contributed by atoms with Gasteiger partial charge in [-0.25, -0.2) is 0 Å². The first-order valence-corrected chi connectivity index (χ1v) is 8.18. The molecule has 0 atom stereocenters. The second kappa shape index (κ2) is 7.25. The van der Waals surface area contributed by atoms with Gasteiger partial charge in [-0.2, -0.15) is 4.98 Å². The summed E-state index contributed by atoms with van der Waals surface area (Å²) in [7, 11) is 0. The summed E-state index contributed by atoms with van der Waals surface area (Å²) >= 11 is 0. The first-order valence-electron chi connectivity index (χ1n) is 8.18. The first kappa shape index (κ1) is 16.2. The number of ether oxygens (including phenoxy) is 1. The van der Waals surface area contributed by atoms with E-state index in [9.17, 15) is 0 Å². The van der Waals surface area contributed by atoms with Crippen LogP contribution in [0.1, 0.15) is 26.5 Å². The predicted molar refractivity (Wildman–Crippen MR) is 92.7 cm³/mol. The molecule has 0 amide bonds. The molecule has 0 bridgehead atoms. The van der Waals surface area contributed by atoms with Crippen LogP contribution in [-0.2, 0) is 6.42 Å². The minimum atomic E-state index is 0.455. The molecule has 0 radical (unpaired) electrons. The minimum absolute atomic E-state index is 0.455. The molecular formula is C19H21N3O2. The quantitative estimate of drug-likeness (QED) is 0.673. The van der Waals surface area contributed by atoms with Gasteiger partial charge in [-0.1, -0.05) is 31.1 Å². The molecule has 5 nitrogen and oxygen atoms in total. The molecule has 0 saturated carbocycles. The van der Waals surface area contributed by atoms with Crippen molar-refractivity contribution in [2.24, 2.45) is 5.92 Å². The fraction of sp³-hybridized carbons (Fsp3) is 0.316. The molecule has 1 aromatic carbocycles. The van der Waals surface area contributed by atoms with Crippen LogP contribution in [-0.4, -0.2) is 21.7 Å². The van der Waals surface area contributed by atoms with Crippen LogP contribution in [0.5, 0.6) is 5.75 Å². The first-order chi connectivity index (χ1) is 11.7. The molecular weight excluding hydrogens is 302 g/mol. The Morgan fingerprint density at radius 2 is 2.00 bits per heavy atom. The van der Waals surface area contributed by atoms with E-state index in [0.29, 0.717) is 24.2 Å². The normalized spacial score (nSPS) is 11.0. The van der Waals surface area contributed by atoms with E-state index in [1.807, 2.05) is 43.3 Å². The minimum Gasteiger partial charge on any atom is -0.493 e. The summed E-state index contributed by atoms with van der Waals surface area (Å²) < 4.78 is 11.1. The molecule has 0 aliphatic carbocycles. The molecule has 5 heteroatoms. The SMILES string of the molecule is CCOc1ccccc1-c1nc(-c2ccnc(CC(C)C)c2)no1. The zero-order chi connectivity index (χ0) is 16.9. The smallest absolute Gasteiger partial charge is 0.262 e.